The first-order valence-electron chi connectivity index (χ1n) is 11.2. The molecule has 0 fully saturated rings. The van der Waals surface area contributed by atoms with E-state index < -0.39 is 0 Å². The molecule has 0 aliphatic rings. The number of furan rings is 2. The van der Waals surface area contributed by atoms with E-state index in [1.807, 2.05) is 24.3 Å². The van der Waals surface area contributed by atoms with Crippen molar-refractivity contribution in [2.45, 2.75) is 6.92 Å². The Balaban J connectivity index is 1.61. The van der Waals surface area contributed by atoms with Crippen molar-refractivity contribution in [2.75, 3.05) is 0 Å². The van der Waals surface area contributed by atoms with Gasteiger partial charge in [0.1, 0.15) is 22.3 Å². The fourth-order valence-electron chi connectivity index (χ4n) is 5.05. The Morgan fingerprint density at radius 2 is 1.15 bits per heavy atom. The van der Waals surface area contributed by atoms with E-state index in [9.17, 15) is 0 Å². The van der Waals surface area contributed by atoms with Gasteiger partial charge in [-0.1, -0.05) is 90.5 Å². The summed E-state index contributed by atoms with van der Waals surface area (Å²) in [6.07, 6.45) is 0. The minimum atomic E-state index is 0.894. The summed E-state index contributed by atoms with van der Waals surface area (Å²) >= 11 is 0. The van der Waals surface area contributed by atoms with Crippen molar-refractivity contribution in [3.8, 4) is 22.3 Å². The van der Waals surface area contributed by atoms with Crippen LogP contribution in [0.1, 0.15) is 5.56 Å². The van der Waals surface area contributed by atoms with Crippen LogP contribution in [-0.4, -0.2) is 0 Å². The van der Waals surface area contributed by atoms with E-state index in [0.29, 0.717) is 0 Å². The maximum atomic E-state index is 6.48. The average Bonchev–Trinajstić information content (AvgIpc) is 3.42. The van der Waals surface area contributed by atoms with Gasteiger partial charge in [0, 0.05) is 32.7 Å². The number of fused-ring (bicyclic) bond motifs is 6. The van der Waals surface area contributed by atoms with Crippen molar-refractivity contribution in [1.82, 2.24) is 0 Å². The molecule has 7 aromatic rings. The van der Waals surface area contributed by atoms with Gasteiger partial charge in [-0.15, -0.1) is 0 Å². The first kappa shape index (κ1) is 18.3. The molecule has 2 nitrogen and oxygen atoms in total. The van der Waals surface area contributed by atoms with Gasteiger partial charge in [0.05, 0.1) is 0 Å². The van der Waals surface area contributed by atoms with Crippen LogP contribution in [0.25, 0.3) is 66.1 Å². The fourth-order valence-corrected chi connectivity index (χ4v) is 5.05. The lowest BCUT2D eigenvalue weighted by molar-refractivity contribution is 0.669. The molecule has 0 atom stereocenters. The summed E-state index contributed by atoms with van der Waals surface area (Å²) in [5, 5.41) is 4.51. The van der Waals surface area contributed by atoms with Crippen LogP contribution in [0, 0.1) is 6.92 Å². The summed E-state index contributed by atoms with van der Waals surface area (Å²) in [6, 6.07) is 35.9. The van der Waals surface area contributed by atoms with Crippen LogP contribution in [0.15, 0.2) is 112 Å². The largest absolute Gasteiger partial charge is 0.455 e. The third-order valence-corrected chi connectivity index (χ3v) is 6.55. The molecule has 0 amide bonds. The molecule has 0 aliphatic carbocycles. The van der Waals surface area contributed by atoms with E-state index in [1.165, 1.54) is 5.56 Å². The van der Waals surface area contributed by atoms with Gasteiger partial charge < -0.3 is 8.83 Å². The van der Waals surface area contributed by atoms with Gasteiger partial charge in [0.15, 0.2) is 0 Å². The first-order chi connectivity index (χ1) is 16.3. The first-order valence-corrected chi connectivity index (χ1v) is 11.2. The second kappa shape index (κ2) is 6.85. The van der Waals surface area contributed by atoms with Gasteiger partial charge >= 0.3 is 0 Å². The summed E-state index contributed by atoms with van der Waals surface area (Å²) in [6.45, 7) is 2.12. The Morgan fingerprint density at radius 1 is 0.485 bits per heavy atom. The predicted molar refractivity (Wildman–Crippen MR) is 137 cm³/mol. The number of aryl methyl sites for hydroxylation is 1. The van der Waals surface area contributed by atoms with Crippen LogP contribution in [0.5, 0.6) is 0 Å². The molecule has 0 unspecified atom stereocenters. The molecule has 156 valence electrons. The van der Waals surface area contributed by atoms with E-state index in [2.05, 4.69) is 85.8 Å². The lowest BCUT2D eigenvalue weighted by atomic mass is 9.93. The number of rotatable bonds is 2. The monoisotopic (exact) mass is 424 g/mol. The van der Waals surface area contributed by atoms with E-state index in [4.69, 9.17) is 8.83 Å². The van der Waals surface area contributed by atoms with Gasteiger partial charge in [0.25, 0.3) is 0 Å². The zero-order valence-corrected chi connectivity index (χ0v) is 18.1. The highest BCUT2D eigenvalue weighted by atomic mass is 16.3. The van der Waals surface area contributed by atoms with Crippen molar-refractivity contribution >= 4 is 43.9 Å². The Labute approximate surface area is 190 Å². The van der Waals surface area contributed by atoms with Crippen molar-refractivity contribution in [3.63, 3.8) is 0 Å². The number of para-hydroxylation sites is 3. The second-order valence-corrected chi connectivity index (χ2v) is 8.61. The maximum absolute atomic E-state index is 6.48. The molecule has 2 aromatic heterocycles. The van der Waals surface area contributed by atoms with Crippen LogP contribution in [0.4, 0.5) is 0 Å². The van der Waals surface area contributed by atoms with Crippen molar-refractivity contribution in [1.29, 1.82) is 0 Å². The number of hydrogen-bond acceptors (Lipinski definition) is 2. The topological polar surface area (TPSA) is 26.3 Å². The lowest BCUT2D eigenvalue weighted by Crippen LogP contribution is -1.85. The maximum Gasteiger partial charge on any atom is 0.143 e. The Kier molecular flexibility index (Phi) is 3.80. The SMILES string of the molecule is Cc1cccc(-c2ccc(-c3cccc4c3oc3ccccc34)c3c2oc2ccccc23)c1. The molecule has 0 saturated carbocycles. The van der Waals surface area contributed by atoms with Crippen LogP contribution in [-0.2, 0) is 0 Å². The van der Waals surface area contributed by atoms with Crippen LogP contribution in [0.3, 0.4) is 0 Å². The van der Waals surface area contributed by atoms with Crippen molar-refractivity contribution in [3.05, 3.63) is 109 Å². The van der Waals surface area contributed by atoms with E-state index >= 15 is 0 Å². The van der Waals surface area contributed by atoms with Gasteiger partial charge in [-0.05, 0) is 36.2 Å². The summed E-state index contributed by atoms with van der Waals surface area (Å²) < 4.78 is 12.9. The molecule has 2 heterocycles. The molecule has 5 aromatic carbocycles. The zero-order chi connectivity index (χ0) is 21.9. The Bertz CT molecular complexity index is 1830. The highest BCUT2D eigenvalue weighted by Gasteiger charge is 2.20. The fraction of sp³-hybridized carbons (Fsp3) is 0.0323. The molecule has 0 N–H and O–H groups in total. The van der Waals surface area contributed by atoms with Gasteiger partial charge in [-0.2, -0.15) is 0 Å². The molecule has 0 saturated heterocycles. The molecular weight excluding hydrogens is 404 g/mol. The molecule has 0 radical (unpaired) electrons. The molecule has 2 heteroatoms. The molecule has 7 rings (SSSR count). The third-order valence-electron chi connectivity index (χ3n) is 6.55. The van der Waals surface area contributed by atoms with Gasteiger partial charge in [0.2, 0.25) is 0 Å². The molecule has 33 heavy (non-hydrogen) atoms. The summed E-state index contributed by atoms with van der Waals surface area (Å²) in [5.41, 5.74) is 9.31. The number of benzene rings is 5. The second-order valence-electron chi connectivity index (χ2n) is 8.61. The Hall–Kier alpha value is -4.30. The highest BCUT2D eigenvalue weighted by Crippen LogP contribution is 2.44. The molecule has 0 aliphatic heterocycles. The minimum absolute atomic E-state index is 0.894. The van der Waals surface area contributed by atoms with Crippen LogP contribution in [0.2, 0.25) is 0 Å². The molecule has 0 bridgehead atoms. The van der Waals surface area contributed by atoms with Gasteiger partial charge in [-0.3, -0.25) is 0 Å². The summed E-state index contributed by atoms with van der Waals surface area (Å²) in [4.78, 5) is 0. The highest BCUT2D eigenvalue weighted by molar-refractivity contribution is 6.19. The van der Waals surface area contributed by atoms with Crippen molar-refractivity contribution in [2.24, 2.45) is 0 Å². The van der Waals surface area contributed by atoms with Gasteiger partial charge in [-0.25, -0.2) is 0 Å². The summed E-state index contributed by atoms with van der Waals surface area (Å²) in [7, 11) is 0. The average molecular weight is 424 g/mol. The van der Waals surface area contributed by atoms with Crippen LogP contribution >= 0.6 is 0 Å². The molecular formula is C31H20O2. The zero-order valence-electron chi connectivity index (χ0n) is 18.1. The quantitative estimate of drug-likeness (QED) is 0.276. The smallest absolute Gasteiger partial charge is 0.143 e. The van der Waals surface area contributed by atoms with E-state index in [0.717, 1.165) is 66.1 Å². The normalized spacial score (nSPS) is 11.8. The number of hydrogen-bond donors (Lipinski definition) is 0. The standard InChI is InChI=1S/C31H20O2/c1-19-8-6-9-20(18-19)21-16-17-23(29-26-11-3-5-15-28(26)33-31(21)29)25-13-7-12-24-22-10-2-4-14-27(22)32-30(24)25/h2-18H,1H3. The van der Waals surface area contributed by atoms with Crippen LogP contribution < -0.4 is 0 Å². The third kappa shape index (κ3) is 2.68. The van der Waals surface area contributed by atoms with E-state index in [1.54, 1.807) is 0 Å². The summed E-state index contributed by atoms with van der Waals surface area (Å²) in [5.74, 6) is 0. The molecule has 0 spiro atoms. The predicted octanol–water partition coefficient (Wildman–Crippen LogP) is 9.13. The van der Waals surface area contributed by atoms with Crippen molar-refractivity contribution < 1.29 is 8.83 Å². The minimum Gasteiger partial charge on any atom is -0.455 e. The van der Waals surface area contributed by atoms with E-state index in [-0.39, 0.29) is 0 Å². The lowest BCUT2D eigenvalue weighted by Gasteiger charge is -2.09. The Morgan fingerprint density at radius 3 is 2.00 bits per heavy atom.